The molecule has 0 aliphatic heterocycles. The van der Waals surface area contributed by atoms with Gasteiger partial charge in [-0.25, -0.2) is 4.79 Å². The van der Waals surface area contributed by atoms with Crippen molar-refractivity contribution in [1.82, 2.24) is 4.90 Å². The number of aliphatic carboxylic acids is 1. The minimum Gasteiger partial charge on any atom is -0.478 e. The maximum atomic E-state index is 12.2. The Morgan fingerprint density at radius 1 is 1.11 bits per heavy atom. The molecule has 0 heterocycles. The molecule has 1 amide bonds. The van der Waals surface area contributed by atoms with Gasteiger partial charge in [-0.3, -0.25) is 4.79 Å². The zero-order valence-electron chi connectivity index (χ0n) is 12.4. The zero-order chi connectivity index (χ0) is 14.6. The van der Waals surface area contributed by atoms with Crippen LogP contribution >= 0.6 is 0 Å². The third-order valence-electron chi connectivity index (χ3n) is 4.47. The van der Waals surface area contributed by atoms with E-state index in [1.807, 2.05) is 0 Å². The monoisotopic (exact) mass is 267 g/mol. The second-order valence-corrected chi connectivity index (χ2v) is 5.55. The van der Waals surface area contributed by atoms with Gasteiger partial charge in [-0.2, -0.15) is 0 Å². The van der Waals surface area contributed by atoms with Gasteiger partial charge in [0.05, 0.1) is 0 Å². The lowest BCUT2D eigenvalue weighted by Gasteiger charge is -2.34. The Bertz CT molecular complexity index is 379. The molecule has 0 atom stereocenters. The van der Waals surface area contributed by atoms with Gasteiger partial charge >= 0.3 is 5.97 Å². The molecule has 108 valence electrons. The Labute approximate surface area is 115 Å². The molecule has 1 saturated carbocycles. The van der Waals surface area contributed by atoms with Crippen molar-refractivity contribution >= 4 is 11.9 Å². The second kappa shape index (κ2) is 6.73. The van der Waals surface area contributed by atoms with E-state index in [9.17, 15) is 9.59 Å². The maximum Gasteiger partial charge on any atom is 0.331 e. The first-order chi connectivity index (χ1) is 8.88. The first-order valence-corrected chi connectivity index (χ1v) is 7.06. The molecule has 0 saturated heterocycles. The molecule has 0 bridgehead atoms. The SMILES string of the molecule is CCC1CCC(N(C)C(=O)C(C)=C(C)C(=O)O)CC1. The van der Waals surface area contributed by atoms with Crippen molar-refractivity contribution in [3.63, 3.8) is 0 Å². The summed E-state index contributed by atoms with van der Waals surface area (Å²) in [5, 5.41) is 8.93. The van der Waals surface area contributed by atoms with Crippen molar-refractivity contribution in [3.8, 4) is 0 Å². The van der Waals surface area contributed by atoms with Crippen LogP contribution in [0.4, 0.5) is 0 Å². The molecule has 1 fully saturated rings. The molecule has 0 aromatic carbocycles. The van der Waals surface area contributed by atoms with Gasteiger partial charge in [-0.1, -0.05) is 13.3 Å². The number of carbonyl (C=O) groups excluding carboxylic acids is 1. The van der Waals surface area contributed by atoms with Gasteiger partial charge in [0.1, 0.15) is 0 Å². The molecule has 0 spiro atoms. The van der Waals surface area contributed by atoms with Gasteiger partial charge in [-0.15, -0.1) is 0 Å². The molecular formula is C15H25NO3. The molecule has 4 heteroatoms. The van der Waals surface area contributed by atoms with Gasteiger partial charge in [0, 0.05) is 24.2 Å². The summed E-state index contributed by atoms with van der Waals surface area (Å²) < 4.78 is 0. The lowest BCUT2D eigenvalue weighted by molar-refractivity contribution is -0.134. The smallest absolute Gasteiger partial charge is 0.331 e. The first-order valence-electron chi connectivity index (χ1n) is 7.06. The number of hydrogen-bond acceptors (Lipinski definition) is 2. The molecule has 4 nitrogen and oxygen atoms in total. The fourth-order valence-corrected chi connectivity index (χ4v) is 2.69. The lowest BCUT2D eigenvalue weighted by Crippen LogP contribution is -2.40. The van der Waals surface area contributed by atoms with E-state index in [4.69, 9.17) is 5.11 Å². The number of hydrogen-bond donors (Lipinski definition) is 1. The number of likely N-dealkylation sites (N-methyl/N-ethyl adjacent to an activating group) is 1. The van der Waals surface area contributed by atoms with Gasteiger partial charge in [-0.05, 0) is 45.4 Å². The fourth-order valence-electron chi connectivity index (χ4n) is 2.69. The Morgan fingerprint density at radius 3 is 2.05 bits per heavy atom. The summed E-state index contributed by atoms with van der Waals surface area (Å²) in [6.45, 7) is 5.29. The van der Waals surface area contributed by atoms with Crippen LogP contribution in [0.1, 0.15) is 52.9 Å². The largest absolute Gasteiger partial charge is 0.478 e. The van der Waals surface area contributed by atoms with Crippen LogP contribution in [0, 0.1) is 5.92 Å². The maximum absolute atomic E-state index is 12.2. The first kappa shape index (κ1) is 15.7. The second-order valence-electron chi connectivity index (χ2n) is 5.55. The number of carboxylic acid groups (broad SMARTS) is 1. The van der Waals surface area contributed by atoms with Crippen LogP contribution in [0.5, 0.6) is 0 Å². The number of rotatable bonds is 4. The van der Waals surface area contributed by atoms with Crippen LogP contribution in [-0.4, -0.2) is 35.0 Å². The molecule has 1 N–H and O–H groups in total. The summed E-state index contributed by atoms with van der Waals surface area (Å²) in [7, 11) is 1.79. The Kier molecular flexibility index (Phi) is 5.58. The van der Waals surface area contributed by atoms with Crippen molar-refractivity contribution in [2.75, 3.05) is 7.05 Å². The van der Waals surface area contributed by atoms with Crippen LogP contribution in [0.3, 0.4) is 0 Å². The number of amides is 1. The van der Waals surface area contributed by atoms with Gasteiger partial charge in [0.2, 0.25) is 5.91 Å². The van der Waals surface area contributed by atoms with Crippen molar-refractivity contribution in [3.05, 3.63) is 11.1 Å². The molecule has 0 aromatic rings. The summed E-state index contributed by atoms with van der Waals surface area (Å²) in [6, 6.07) is 0.256. The number of nitrogens with zero attached hydrogens (tertiary/aromatic N) is 1. The van der Waals surface area contributed by atoms with Gasteiger partial charge in [0.15, 0.2) is 0 Å². The molecule has 19 heavy (non-hydrogen) atoms. The Hall–Kier alpha value is -1.32. The summed E-state index contributed by atoms with van der Waals surface area (Å²) in [4.78, 5) is 24.9. The Morgan fingerprint density at radius 2 is 1.63 bits per heavy atom. The number of carboxylic acids is 1. The minimum atomic E-state index is -1.02. The average Bonchev–Trinajstić information content (AvgIpc) is 2.44. The third-order valence-corrected chi connectivity index (χ3v) is 4.47. The van der Waals surface area contributed by atoms with Crippen LogP contribution in [0.2, 0.25) is 0 Å². The predicted octanol–water partition coefficient (Wildman–Crippen LogP) is 2.83. The summed E-state index contributed by atoms with van der Waals surface area (Å²) in [5.74, 6) is -0.383. The highest BCUT2D eigenvalue weighted by Gasteiger charge is 2.27. The summed E-state index contributed by atoms with van der Waals surface area (Å²) in [5.41, 5.74) is 0.478. The van der Waals surface area contributed by atoms with Crippen LogP contribution < -0.4 is 0 Å². The van der Waals surface area contributed by atoms with Crippen LogP contribution in [-0.2, 0) is 9.59 Å². The molecule has 0 unspecified atom stereocenters. The van der Waals surface area contributed by atoms with Crippen LogP contribution in [0.15, 0.2) is 11.1 Å². The van der Waals surface area contributed by atoms with Crippen molar-refractivity contribution in [2.24, 2.45) is 5.92 Å². The fraction of sp³-hybridized carbons (Fsp3) is 0.733. The third kappa shape index (κ3) is 3.82. The van der Waals surface area contributed by atoms with E-state index in [2.05, 4.69) is 6.92 Å². The van der Waals surface area contributed by atoms with Gasteiger partial charge < -0.3 is 10.0 Å². The molecule has 0 aromatic heterocycles. The molecule has 0 radical (unpaired) electrons. The molecule has 1 rings (SSSR count). The quantitative estimate of drug-likeness (QED) is 0.797. The van der Waals surface area contributed by atoms with E-state index in [0.717, 1.165) is 18.8 Å². The molecule has 1 aliphatic carbocycles. The van der Waals surface area contributed by atoms with Crippen molar-refractivity contribution < 1.29 is 14.7 Å². The average molecular weight is 267 g/mol. The Balaban J connectivity index is 2.68. The standard InChI is InChI=1S/C15H25NO3/c1-5-12-6-8-13(9-7-12)16(4)14(17)10(2)11(3)15(18)19/h12-13H,5-9H2,1-4H3,(H,18,19). The minimum absolute atomic E-state index is 0.138. The normalized spacial score (nSPS) is 24.6. The van der Waals surface area contributed by atoms with E-state index < -0.39 is 5.97 Å². The van der Waals surface area contributed by atoms with E-state index in [1.165, 1.54) is 26.2 Å². The highest BCUT2D eigenvalue weighted by Crippen LogP contribution is 2.29. The number of carbonyl (C=O) groups is 2. The zero-order valence-corrected chi connectivity index (χ0v) is 12.4. The van der Waals surface area contributed by atoms with E-state index >= 15 is 0 Å². The lowest BCUT2D eigenvalue weighted by atomic mass is 9.84. The van der Waals surface area contributed by atoms with Crippen molar-refractivity contribution in [1.29, 1.82) is 0 Å². The highest BCUT2D eigenvalue weighted by molar-refractivity contribution is 6.01. The van der Waals surface area contributed by atoms with E-state index in [-0.39, 0.29) is 17.5 Å². The van der Waals surface area contributed by atoms with E-state index in [0.29, 0.717) is 5.57 Å². The topological polar surface area (TPSA) is 57.6 Å². The molecule has 1 aliphatic rings. The van der Waals surface area contributed by atoms with Gasteiger partial charge in [0.25, 0.3) is 0 Å². The van der Waals surface area contributed by atoms with Crippen LogP contribution in [0.25, 0.3) is 0 Å². The molecular weight excluding hydrogens is 242 g/mol. The summed E-state index contributed by atoms with van der Waals surface area (Å²) in [6.07, 6.45) is 5.60. The van der Waals surface area contributed by atoms with E-state index in [1.54, 1.807) is 18.9 Å². The predicted molar refractivity (Wildman–Crippen MR) is 74.8 cm³/mol. The highest BCUT2D eigenvalue weighted by atomic mass is 16.4. The van der Waals surface area contributed by atoms with Crippen molar-refractivity contribution in [2.45, 2.75) is 58.9 Å². The summed E-state index contributed by atoms with van der Waals surface area (Å²) >= 11 is 0.